The Balaban J connectivity index is 2.30. The first-order chi connectivity index (χ1) is 7.66. The molecule has 2 aromatic rings. The molecule has 0 amide bonds. The molecule has 0 unspecified atom stereocenters. The standard InChI is InChI=1S/C11H7ClF2N2/c12-7-4-5-10(15-6-7)16-11-8(13)2-1-3-9(11)14/h1-6H,(H,15,16). The molecule has 0 aliphatic rings. The lowest BCUT2D eigenvalue weighted by molar-refractivity contribution is 0.590. The van der Waals surface area contributed by atoms with Gasteiger partial charge >= 0.3 is 0 Å². The van der Waals surface area contributed by atoms with E-state index in [-0.39, 0.29) is 5.69 Å². The van der Waals surface area contributed by atoms with Gasteiger partial charge in [0.1, 0.15) is 23.1 Å². The molecule has 1 aromatic carbocycles. The van der Waals surface area contributed by atoms with Crippen LogP contribution in [0.15, 0.2) is 36.5 Å². The predicted molar refractivity (Wildman–Crippen MR) is 58.9 cm³/mol. The quantitative estimate of drug-likeness (QED) is 0.865. The lowest BCUT2D eigenvalue weighted by Gasteiger charge is -2.07. The molecule has 5 heteroatoms. The minimum atomic E-state index is -0.670. The number of pyridine rings is 1. The number of rotatable bonds is 2. The molecule has 0 fully saturated rings. The Kier molecular flexibility index (Phi) is 3.01. The van der Waals surface area contributed by atoms with Crippen LogP contribution < -0.4 is 5.32 Å². The summed E-state index contributed by atoms with van der Waals surface area (Å²) in [7, 11) is 0. The largest absolute Gasteiger partial charge is 0.335 e. The Bertz CT molecular complexity index is 480. The molecule has 1 N–H and O–H groups in total. The van der Waals surface area contributed by atoms with Crippen LogP contribution in [-0.2, 0) is 0 Å². The van der Waals surface area contributed by atoms with Gasteiger partial charge in [0.15, 0.2) is 0 Å². The van der Waals surface area contributed by atoms with E-state index < -0.39 is 11.6 Å². The molecule has 1 aromatic heterocycles. The zero-order valence-corrected chi connectivity index (χ0v) is 8.80. The van der Waals surface area contributed by atoms with Crippen LogP contribution in [0.4, 0.5) is 20.3 Å². The van der Waals surface area contributed by atoms with Gasteiger partial charge in [-0.3, -0.25) is 0 Å². The van der Waals surface area contributed by atoms with Gasteiger partial charge in [-0.1, -0.05) is 17.7 Å². The zero-order chi connectivity index (χ0) is 11.5. The Labute approximate surface area is 95.9 Å². The first-order valence-corrected chi connectivity index (χ1v) is 4.87. The van der Waals surface area contributed by atoms with Gasteiger partial charge in [-0.15, -0.1) is 0 Å². The van der Waals surface area contributed by atoms with Crippen LogP contribution >= 0.6 is 11.6 Å². The third-order valence-corrected chi connectivity index (χ3v) is 2.17. The summed E-state index contributed by atoms with van der Waals surface area (Å²) in [5.41, 5.74) is -0.225. The van der Waals surface area contributed by atoms with Crippen LogP contribution in [0, 0.1) is 11.6 Å². The van der Waals surface area contributed by atoms with Crippen molar-refractivity contribution in [1.82, 2.24) is 4.98 Å². The third kappa shape index (κ3) is 2.28. The van der Waals surface area contributed by atoms with Gasteiger partial charge < -0.3 is 5.32 Å². The number of aromatic nitrogens is 1. The molecule has 16 heavy (non-hydrogen) atoms. The number of nitrogens with one attached hydrogen (secondary N) is 1. The predicted octanol–water partition coefficient (Wildman–Crippen LogP) is 3.76. The number of hydrogen-bond acceptors (Lipinski definition) is 2. The van der Waals surface area contributed by atoms with Crippen LogP contribution in [-0.4, -0.2) is 4.98 Å². The Morgan fingerprint density at radius 3 is 2.31 bits per heavy atom. The molecule has 0 atom stereocenters. The second-order valence-electron chi connectivity index (χ2n) is 3.08. The summed E-state index contributed by atoms with van der Waals surface area (Å²) in [5.74, 6) is -1.01. The number of nitrogens with zero attached hydrogens (tertiary/aromatic N) is 1. The monoisotopic (exact) mass is 240 g/mol. The van der Waals surface area contributed by atoms with Crippen molar-refractivity contribution in [3.8, 4) is 0 Å². The number of anilines is 2. The summed E-state index contributed by atoms with van der Waals surface area (Å²) in [5, 5.41) is 3.01. The lowest BCUT2D eigenvalue weighted by atomic mass is 10.3. The van der Waals surface area contributed by atoms with Gasteiger partial charge in [-0.25, -0.2) is 13.8 Å². The molecule has 0 radical (unpaired) electrons. The van der Waals surface area contributed by atoms with Crippen LogP contribution in [0.5, 0.6) is 0 Å². The normalized spacial score (nSPS) is 10.2. The van der Waals surface area contributed by atoms with Crippen molar-refractivity contribution in [2.24, 2.45) is 0 Å². The molecule has 2 nitrogen and oxygen atoms in total. The minimum absolute atomic E-state index is 0.225. The smallest absolute Gasteiger partial charge is 0.149 e. The minimum Gasteiger partial charge on any atom is -0.335 e. The SMILES string of the molecule is Fc1cccc(F)c1Nc1ccc(Cl)cn1. The van der Waals surface area contributed by atoms with Crippen molar-refractivity contribution in [2.75, 3.05) is 5.32 Å². The second kappa shape index (κ2) is 4.45. The average molecular weight is 241 g/mol. The zero-order valence-electron chi connectivity index (χ0n) is 8.05. The van der Waals surface area contributed by atoms with E-state index in [4.69, 9.17) is 11.6 Å². The fourth-order valence-electron chi connectivity index (χ4n) is 1.20. The van der Waals surface area contributed by atoms with E-state index in [0.29, 0.717) is 10.8 Å². The topological polar surface area (TPSA) is 24.9 Å². The maximum absolute atomic E-state index is 13.3. The van der Waals surface area contributed by atoms with Crippen molar-refractivity contribution >= 4 is 23.1 Å². The maximum atomic E-state index is 13.3. The summed E-state index contributed by atoms with van der Waals surface area (Å²) in [6, 6.07) is 6.75. The fourth-order valence-corrected chi connectivity index (χ4v) is 1.31. The molecule has 82 valence electrons. The summed E-state index contributed by atoms with van der Waals surface area (Å²) < 4.78 is 26.5. The van der Waals surface area contributed by atoms with Crippen molar-refractivity contribution in [2.45, 2.75) is 0 Å². The number of para-hydroxylation sites is 1. The molecule has 0 saturated carbocycles. The van der Waals surface area contributed by atoms with E-state index in [0.717, 1.165) is 0 Å². The van der Waals surface area contributed by atoms with Crippen molar-refractivity contribution < 1.29 is 8.78 Å². The van der Waals surface area contributed by atoms with Gasteiger partial charge in [-0.05, 0) is 24.3 Å². The first kappa shape index (κ1) is 10.8. The highest BCUT2D eigenvalue weighted by Crippen LogP contribution is 2.22. The molecular weight excluding hydrogens is 234 g/mol. The van der Waals surface area contributed by atoms with Gasteiger partial charge in [0.05, 0.1) is 5.02 Å². The molecule has 1 heterocycles. The van der Waals surface area contributed by atoms with Crippen molar-refractivity contribution in [1.29, 1.82) is 0 Å². The number of hydrogen-bond donors (Lipinski definition) is 1. The molecule has 2 rings (SSSR count). The van der Waals surface area contributed by atoms with Crippen LogP contribution in [0.2, 0.25) is 5.02 Å². The van der Waals surface area contributed by atoms with E-state index in [1.165, 1.54) is 30.5 Å². The fraction of sp³-hybridized carbons (Fsp3) is 0. The summed E-state index contributed by atoms with van der Waals surface area (Å²) in [4.78, 5) is 3.88. The van der Waals surface area contributed by atoms with E-state index in [1.54, 1.807) is 6.07 Å². The van der Waals surface area contributed by atoms with Gasteiger partial charge in [0.25, 0.3) is 0 Å². The van der Waals surface area contributed by atoms with Gasteiger partial charge in [-0.2, -0.15) is 0 Å². The average Bonchev–Trinajstić information content (AvgIpc) is 2.26. The number of benzene rings is 1. The van der Waals surface area contributed by atoms with Gasteiger partial charge in [0.2, 0.25) is 0 Å². The highest BCUT2D eigenvalue weighted by atomic mass is 35.5. The summed E-state index contributed by atoms with van der Waals surface area (Å²) >= 11 is 5.64. The Morgan fingerprint density at radius 2 is 1.75 bits per heavy atom. The molecule has 0 bridgehead atoms. The van der Waals surface area contributed by atoms with E-state index >= 15 is 0 Å². The molecular formula is C11H7ClF2N2. The molecule has 0 aliphatic carbocycles. The van der Waals surface area contributed by atoms with E-state index in [9.17, 15) is 8.78 Å². The lowest BCUT2D eigenvalue weighted by Crippen LogP contribution is -1.98. The Hall–Kier alpha value is -1.68. The van der Waals surface area contributed by atoms with Crippen molar-refractivity contribution in [3.63, 3.8) is 0 Å². The summed E-state index contributed by atoms with van der Waals surface area (Å²) in [6.45, 7) is 0. The number of halogens is 3. The van der Waals surface area contributed by atoms with Crippen LogP contribution in [0.25, 0.3) is 0 Å². The highest BCUT2D eigenvalue weighted by Gasteiger charge is 2.08. The van der Waals surface area contributed by atoms with Crippen molar-refractivity contribution in [3.05, 3.63) is 53.2 Å². The second-order valence-corrected chi connectivity index (χ2v) is 3.52. The first-order valence-electron chi connectivity index (χ1n) is 4.49. The van der Waals surface area contributed by atoms with E-state index in [2.05, 4.69) is 10.3 Å². The highest BCUT2D eigenvalue weighted by molar-refractivity contribution is 6.30. The van der Waals surface area contributed by atoms with Gasteiger partial charge in [0, 0.05) is 6.20 Å². The maximum Gasteiger partial charge on any atom is 0.149 e. The molecule has 0 spiro atoms. The summed E-state index contributed by atoms with van der Waals surface area (Å²) in [6.07, 6.45) is 1.39. The van der Waals surface area contributed by atoms with E-state index in [1.807, 2.05) is 0 Å². The molecule has 0 aliphatic heterocycles. The van der Waals surface area contributed by atoms with Crippen LogP contribution in [0.3, 0.4) is 0 Å². The third-order valence-electron chi connectivity index (χ3n) is 1.94. The molecule has 0 saturated heterocycles. The van der Waals surface area contributed by atoms with Crippen LogP contribution in [0.1, 0.15) is 0 Å². The Morgan fingerprint density at radius 1 is 1.06 bits per heavy atom.